The normalized spacial score (nSPS) is 15.2. The van der Waals surface area contributed by atoms with E-state index in [4.69, 9.17) is 0 Å². The molecule has 6 heteroatoms. The third kappa shape index (κ3) is 3.78. The zero-order valence-electron chi connectivity index (χ0n) is 10.8. The van der Waals surface area contributed by atoms with E-state index in [1.54, 1.807) is 31.2 Å². The number of carbonyl (C=O) groups is 1. The molecule has 0 unspecified atom stereocenters. The summed E-state index contributed by atoms with van der Waals surface area (Å²) in [6.07, 6.45) is 1.89. The molecule has 1 fully saturated rings. The molecule has 1 aromatic carbocycles. The second-order valence-electron chi connectivity index (χ2n) is 4.73. The maximum atomic E-state index is 12.0. The molecule has 0 bridgehead atoms. The van der Waals surface area contributed by atoms with Gasteiger partial charge in [-0.15, -0.1) is 0 Å². The molecule has 0 spiro atoms. The number of benzene rings is 1. The number of hydrogen-bond acceptors (Lipinski definition) is 3. The second-order valence-corrected chi connectivity index (χ2v) is 6.46. The SMILES string of the molecule is Cc1ccccc1S(=O)(=O)NCCNC(=O)C1CC1. The van der Waals surface area contributed by atoms with Crippen LogP contribution in [0.5, 0.6) is 0 Å². The molecule has 5 nitrogen and oxygen atoms in total. The molecule has 1 saturated carbocycles. The first kappa shape index (κ1) is 14.0. The van der Waals surface area contributed by atoms with Gasteiger partial charge >= 0.3 is 0 Å². The maximum Gasteiger partial charge on any atom is 0.240 e. The van der Waals surface area contributed by atoms with Crippen molar-refractivity contribution >= 4 is 15.9 Å². The Labute approximate surface area is 113 Å². The Hall–Kier alpha value is -1.40. The molecule has 0 aromatic heterocycles. The highest BCUT2D eigenvalue weighted by molar-refractivity contribution is 7.89. The summed E-state index contributed by atoms with van der Waals surface area (Å²) in [6.45, 7) is 2.28. The minimum atomic E-state index is -3.49. The minimum absolute atomic E-state index is 0.0232. The Morgan fingerprint density at radius 2 is 1.95 bits per heavy atom. The van der Waals surface area contributed by atoms with Crippen molar-refractivity contribution in [2.75, 3.05) is 13.1 Å². The standard InChI is InChI=1S/C13H18N2O3S/c1-10-4-2-3-5-12(10)19(17,18)15-9-8-14-13(16)11-6-7-11/h2-5,11,15H,6-9H2,1H3,(H,14,16). The van der Waals surface area contributed by atoms with Gasteiger partial charge < -0.3 is 5.32 Å². The van der Waals surface area contributed by atoms with E-state index >= 15 is 0 Å². The zero-order chi connectivity index (χ0) is 13.9. The van der Waals surface area contributed by atoms with Gasteiger partial charge in [0.2, 0.25) is 15.9 Å². The summed E-state index contributed by atoms with van der Waals surface area (Å²) in [7, 11) is -3.49. The minimum Gasteiger partial charge on any atom is -0.355 e. The van der Waals surface area contributed by atoms with E-state index in [1.165, 1.54) is 0 Å². The summed E-state index contributed by atoms with van der Waals surface area (Å²) in [5.74, 6) is 0.170. The molecule has 0 radical (unpaired) electrons. The van der Waals surface area contributed by atoms with Crippen molar-refractivity contribution in [3.63, 3.8) is 0 Å². The number of nitrogens with one attached hydrogen (secondary N) is 2. The first-order chi connectivity index (χ1) is 9.00. The Kier molecular flexibility index (Phi) is 4.21. The highest BCUT2D eigenvalue weighted by Crippen LogP contribution is 2.28. The summed E-state index contributed by atoms with van der Waals surface area (Å²) in [6, 6.07) is 6.81. The van der Waals surface area contributed by atoms with E-state index in [9.17, 15) is 13.2 Å². The predicted molar refractivity (Wildman–Crippen MR) is 72.1 cm³/mol. The maximum absolute atomic E-state index is 12.0. The molecule has 1 aliphatic rings. The molecule has 0 heterocycles. The summed E-state index contributed by atoms with van der Waals surface area (Å²) >= 11 is 0. The molecule has 1 amide bonds. The molecule has 1 aromatic rings. The molecule has 104 valence electrons. The van der Waals surface area contributed by atoms with Crippen molar-refractivity contribution in [3.8, 4) is 0 Å². The van der Waals surface area contributed by atoms with Crippen LogP contribution in [-0.2, 0) is 14.8 Å². The van der Waals surface area contributed by atoms with Crippen molar-refractivity contribution in [2.45, 2.75) is 24.7 Å². The van der Waals surface area contributed by atoms with Crippen molar-refractivity contribution in [3.05, 3.63) is 29.8 Å². The van der Waals surface area contributed by atoms with Crippen LogP contribution in [0.4, 0.5) is 0 Å². The summed E-state index contributed by atoms with van der Waals surface area (Å²) in [4.78, 5) is 11.6. The molecule has 2 N–H and O–H groups in total. The number of hydrogen-bond donors (Lipinski definition) is 2. The Morgan fingerprint density at radius 1 is 1.26 bits per heavy atom. The van der Waals surface area contributed by atoms with Crippen LogP contribution in [0.2, 0.25) is 0 Å². The van der Waals surface area contributed by atoms with Crippen LogP contribution in [0.15, 0.2) is 29.2 Å². The van der Waals surface area contributed by atoms with Gasteiger partial charge in [-0.2, -0.15) is 0 Å². The van der Waals surface area contributed by atoms with Gasteiger partial charge in [0.05, 0.1) is 4.90 Å². The van der Waals surface area contributed by atoms with Crippen molar-refractivity contribution in [1.29, 1.82) is 0 Å². The van der Waals surface area contributed by atoms with Crippen LogP contribution >= 0.6 is 0 Å². The monoisotopic (exact) mass is 282 g/mol. The average Bonchev–Trinajstić information content (AvgIpc) is 3.19. The number of amides is 1. The lowest BCUT2D eigenvalue weighted by molar-refractivity contribution is -0.122. The Morgan fingerprint density at radius 3 is 2.58 bits per heavy atom. The lowest BCUT2D eigenvalue weighted by Crippen LogP contribution is -2.35. The number of aryl methyl sites for hydroxylation is 1. The number of carbonyl (C=O) groups excluding carboxylic acids is 1. The van der Waals surface area contributed by atoms with Gasteiger partial charge in [-0.05, 0) is 31.4 Å². The van der Waals surface area contributed by atoms with Crippen LogP contribution < -0.4 is 10.0 Å². The number of rotatable bonds is 6. The van der Waals surface area contributed by atoms with Crippen LogP contribution in [0.3, 0.4) is 0 Å². The van der Waals surface area contributed by atoms with Gasteiger partial charge in [-0.25, -0.2) is 13.1 Å². The summed E-state index contributed by atoms with van der Waals surface area (Å²) in [5.41, 5.74) is 0.706. The van der Waals surface area contributed by atoms with E-state index in [1.807, 2.05) is 0 Å². The second kappa shape index (κ2) is 5.71. The van der Waals surface area contributed by atoms with Gasteiger partial charge in [-0.3, -0.25) is 4.79 Å². The summed E-state index contributed by atoms with van der Waals surface area (Å²) < 4.78 is 26.5. The largest absolute Gasteiger partial charge is 0.355 e. The van der Waals surface area contributed by atoms with E-state index in [0.717, 1.165) is 12.8 Å². The lowest BCUT2D eigenvalue weighted by atomic mass is 10.2. The third-order valence-electron chi connectivity index (χ3n) is 3.05. The molecule has 0 aliphatic heterocycles. The van der Waals surface area contributed by atoms with E-state index in [-0.39, 0.29) is 23.3 Å². The quantitative estimate of drug-likeness (QED) is 0.758. The molecule has 1 aliphatic carbocycles. The van der Waals surface area contributed by atoms with Crippen molar-refractivity contribution in [2.24, 2.45) is 5.92 Å². The fourth-order valence-electron chi connectivity index (χ4n) is 1.80. The molecule has 2 rings (SSSR count). The van der Waals surface area contributed by atoms with Gasteiger partial charge in [-0.1, -0.05) is 18.2 Å². The average molecular weight is 282 g/mol. The molecule has 0 atom stereocenters. The lowest BCUT2D eigenvalue weighted by Gasteiger charge is -2.09. The highest BCUT2D eigenvalue weighted by atomic mass is 32.2. The molecular weight excluding hydrogens is 264 g/mol. The molecular formula is C13H18N2O3S. The fraction of sp³-hybridized carbons (Fsp3) is 0.462. The van der Waals surface area contributed by atoms with Crippen LogP contribution in [0.1, 0.15) is 18.4 Å². The fourth-order valence-corrected chi connectivity index (χ4v) is 3.07. The van der Waals surface area contributed by atoms with Gasteiger partial charge in [0, 0.05) is 19.0 Å². The van der Waals surface area contributed by atoms with E-state index < -0.39 is 10.0 Å². The highest BCUT2D eigenvalue weighted by Gasteiger charge is 2.29. The predicted octanol–water partition coefficient (Wildman–Crippen LogP) is 0.800. The Balaban J connectivity index is 1.84. The van der Waals surface area contributed by atoms with Gasteiger partial charge in [0.25, 0.3) is 0 Å². The van der Waals surface area contributed by atoms with E-state index in [0.29, 0.717) is 12.1 Å². The first-order valence-corrected chi connectivity index (χ1v) is 7.82. The van der Waals surface area contributed by atoms with E-state index in [2.05, 4.69) is 10.0 Å². The van der Waals surface area contributed by atoms with Gasteiger partial charge in [0.1, 0.15) is 0 Å². The van der Waals surface area contributed by atoms with Crippen molar-refractivity contribution < 1.29 is 13.2 Å². The third-order valence-corrected chi connectivity index (χ3v) is 4.67. The smallest absolute Gasteiger partial charge is 0.240 e. The first-order valence-electron chi connectivity index (χ1n) is 6.34. The van der Waals surface area contributed by atoms with Crippen LogP contribution in [0, 0.1) is 12.8 Å². The molecule has 19 heavy (non-hydrogen) atoms. The number of sulfonamides is 1. The summed E-state index contributed by atoms with van der Waals surface area (Å²) in [5, 5.41) is 2.72. The van der Waals surface area contributed by atoms with Crippen LogP contribution in [0.25, 0.3) is 0 Å². The Bertz CT molecular complexity index is 565. The zero-order valence-corrected chi connectivity index (χ0v) is 11.7. The van der Waals surface area contributed by atoms with Crippen LogP contribution in [-0.4, -0.2) is 27.4 Å². The molecule has 0 saturated heterocycles. The van der Waals surface area contributed by atoms with Gasteiger partial charge in [0.15, 0.2) is 0 Å². The van der Waals surface area contributed by atoms with Crippen molar-refractivity contribution in [1.82, 2.24) is 10.0 Å². The topological polar surface area (TPSA) is 75.3 Å².